The van der Waals surface area contributed by atoms with Gasteiger partial charge in [0.25, 0.3) is 0 Å². The zero-order valence-corrected chi connectivity index (χ0v) is 13.4. The fraction of sp³-hybridized carbons (Fsp3) is 0.750. The van der Waals surface area contributed by atoms with E-state index in [4.69, 9.17) is 4.42 Å². The van der Waals surface area contributed by atoms with E-state index in [2.05, 4.69) is 55.1 Å². The predicted octanol–water partition coefficient (Wildman–Crippen LogP) is 2.16. The van der Waals surface area contributed by atoms with E-state index in [1.165, 1.54) is 0 Å². The third-order valence-corrected chi connectivity index (χ3v) is 3.90. The van der Waals surface area contributed by atoms with Crippen LogP contribution in [0.15, 0.2) is 16.5 Å². The Bertz CT molecular complexity index is 402. The lowest BCUT2D eigenvalue weighted by Crippen LogP contribution is -2.49. The van der Waals surface area contributed by atoms with E-state index in [0.717, 1.165) is 50.8 Å². The van der Waals surface area contributed by atoms with Crippen molar-refractivity contribution in [3.8, 4) is 0 Å². The van der Waals surface area contributed by atoms with Gasteiger partial charge < -0.3 is 14.6 Å². The number of hydrogen-bond acceptors (Lipinski definition) is 4. The van der Waals surface area contributed by atoms with Gasteiger partial charge in [-0.3, -0.25) is 4.90 Å². The molecule has 1 unspecified atom stereocenters. The van der Waals surface area contributed by atoms with Crippen LogP contribution in [0.5, 0.6) is 0 Å². The van der Waals surface area contributed by atoms with Crippen LogP contribution in [0.3, 0.4) is 0 Å². The van der Waals surface area contributed by atoms with E-state index in [9.17, 15) is 0 Å². The van der Waals surface area contributed by atoms with Gasteiger partial charge in [-0.05, 0) is 38.6 Å². The molecular weight excluding hydrogens is 250 g/mol. The van der Waals surface area contributed by atoms with Gasteiger partial charge >= 0.3 is 0 Å². The topological polar surface area (TPSA) is 31.6 Å². The second kappa shape index (κ2) is 7.25. The van der Waals surface area contributed by atoms with Crippen molar-refractivity contribution in [3.05, 3.63) is 23.7 Å². The van der Waals surface area contributed by atoms with E-state index in [1.54, 1.807) is 0 Å². The average Bonchev–Trinajstić information content (AvgIpc) is 2.80. The van der Waals surface area contributed by atoms with Crippen molar-refractivity contribution >= 4 is 0 Å². The molecular formula is C16H29N3O. The minimum Gasteiger partial charge on any atom is -0.463 e. The molecule has 4 nitrogen and oxygen atoms in total. The summed E-state index contributed by atoms with van der Waals surface area (Å²) in [6, 6.07) is 4.82. The highest BCUT2D eigenvalue weighted by molar-refractivity contribution is 5.07. The van der Waals surface area contributed by atoms with Crippen molar-refractivity contribution in [1.82, 2.24) is 15.1 Å². The first kappa shape index (κ1) is 15.5. The summed E-state index contributed by atoms with van der Waals surface area (Å²) in [6.45, 7) is 12.9. The highest BCUT2D eigenvalue weighted by Gasteiger charge is 2.22. The Morgan fingerprint density at radius 3 is 2.75 bits per heavy atom. The molecule has 1 aromatic heterocycles. The Labute approximate surface area is 123 Å². The molecule has 0 bridgehead atoms. The molecule has 1 fully saturated rings. The summed E-state index contributed by atoms with van der Waals surface area (Å²) in [4.78, 5) is 4.90. The first-order valence-electron chi connectivity index (χ1n) is 7.75. The molecule has 0 radical (unpaired) electrons. The van der Waals surface area contributed by atoms with Crippen LogP contribution in [0, 0.1) is 5.92 Å². The van der Waals surface area contributed by atoms with Gasteiger partial charge in [0, 0.05) is 25.7 Å². The Hall–Kier alpha value is -0.840. The second-order valence-corrected chi connectivity index (χ2v) is 6.47. The Kier molecular flexibility index (Phi) is 5.64. The van der Waals surface area contributed by atoms with Crippen molar-refractivity contribution in [2.75, 3.05) is 33.2 Å². The molecule has 1 aliphatic heterocycles. The van der Waals surface area contributed by atoms with Crippen molar-refractivity contribution < 1.29 is 4.42 Å². The van der Waals surface area contributed by atoms with E-state index in [0.29, 0.717) is 12.0 Å². The van der Waals surface area contributed by atoms with Crippen LogP contribution in [-0.4, -0.2) is 49.1 Å². The first-order chi connectivity index (χ1) is 9.54. The minimum absolute atomic E-state index is 0.598. The van der Waals surface area contributed by atoms with Crippen molar-refractivity contribution in [2.24, 2.45) is 5.92 Å². The number of nitrogens with zero attached hydrogens (tertiary/aromatic N) is 2. The molecule has 1 aliphatic rings. The van der Waals surface area contributed by atoms with Crippen LogP contribution in [0.4, 0.5) is 0 Å². The summed E-state index contributed by atoms with van der Waals surface area (Å²) in [5, 5.41) is 3.42. The lowest BCUT2D eigenvalue weighted by atomic mass is 10.2. The molecule has 0 aromatic carbocycles. The van der Waals surface area contributed by atoms with Gasteiger partial charge in [0.15, 0.2) is 0 Å². The molecule has 2 rings (SSSR count). The van der Waals surface area contributed by atoms with E-state index >= 15 is 0 Å². The summed E-state index contributed by atoms with van der Waals surface area (Å²) >= 11 is 0. The minimum atomic E-state index is 0.598. The van der Waals surface area contributed by atoms with Gasteiger partial charge in [-0.25, -0.2) is 0 Å². The Morgan fingerprint density at radius 1 is 1.30 bits per heavy atom. The van der Waals surface area contributed by atoms with Gasteiger partial charge in [0.2, 0.25) is 0 Å². The molecule has 20 heavy (non-hydrogen) atoms. The van der Waals surface area contributed by atoms with Crippen molar-refractivity contribution in [3.63, 3.8) is 0 Å². The van der Waals surface area contributed by atoms with Gasteiger partial charge in [-0.2, -0.15) is 0 Å². The van der Waals surface area contributed by atoms with Gasteiger partial charge in [0.05, 0.1) is 13.1 Å². The monoisotopic (exact) mass is 279 g/mol. The predicted molar refractivity (Wildman–Crippen MR) is 82.6 cm³/mol. The standard InChI is InChI=1S/C16H29N3O/c1-13(2)9-17-10-15-5-6-16(20-15)12-19-8-7-18(4)11-14(19)3/h5-6,13-14,17H,7-12H2,1-4H3. The summed E-state index contributed by atoms with van der Waals surface area (Å²) in [6.07, 6.45) is 0. The molecule has 1 saturated heterocycles. The number of hydrogen-bond donors (Lipinski definition) is 1. The van der Waals surface area contributed by atoms with Crippen LogP contribution in [0.2, 0.25) is 0 Å². The zero-order valence-electron chi connectivity index (χ0n) is 13.4. The molecule has 1 N–H and O–H groups in total. The largest absolute Gasteiger partial charge is 0.463 e. The quantitative estimate of drug-likeness (QED) is 0.865. The fourth-order valence-corrected chi connectivity index (χ4v) is 2.70. The summed E-state index contributed by atoms with van der Waals surface area (Å²) < 4.78 is 5.93. The number of rotatable bonds is 6. The molecule has 1 aromatic rings. The van der Waals surface area contributed by atoms with Crippen LogP contribution < -0.4 is 5.32 Å². The summed E-state index contributed by atoms with van der Waals surface area (Å²) in [5.41, 5.74) is 0. The third-order valence-electron chi connectivity index (χ3n) is 3.90. The normalized spacial score (nSPS) is 21.8. The Morgan fingerprint density at radius 2 is 2.05 bits per heavy atom. The third kappa shape index (κ3) is 4.62. The van der Waals surface area contributed by atoms with Gasteiger partial charge in [-0.1, -0.05) is 13.8 Å². The molecule has 0 saturated carbocycles. The lowest BCUT2D eigenvalue weighted by Gasteiger charge is -2.37. The lowest BCUT2D eigenvalue weighted by molar-refractivity contribution is 0.0871. The molecule has 1 atom stereocenters. The van der Waals surface area contributed by atoms with Gasteiger partial charge in [-0.15, -0.1) is 0 Å². The van der Waals surface area contributed by atoms with Crippen LogP contribution in [0.1, 0.15) is 32.3 Å². The molecule has 0 amide bonds. The molecule has 0 spiro atoms. The fourth-order valence-electron chi connectivity index (χ4n) is 2.70. The van der Waals surface area contributed by atoms with Crippen molar-refractivity contribution in [1.29, 1.82) is 0 Å². The summed E-state index contributed by atoms with van der Waals surface area (Å²) in [7, 11) is 2.19. The number of furan rings is 1. The van der Waals surface area contributed by atoms with Crippen LogP contribution in [-0.2, 0) is 13.1 Å². The first-order valence-corrected chi connectivity index (χ1v) is 7.75. The maximum absolute atomic E-state index is 5.93. The van der Waals surface area contributed by atoms with Crippen LogP contribution in [0.25, 0.3) is 0 Å². The molecule has 2 heterocycles. The second-order valence-electron chi connectivity index (χ2n) is 6.47. The van der Waals surface area contributed by atoms with Gasteiger partial charge in [0.1, 0.15) is 11.5 Å². The zero-order chi connectivity index (χ0) is 14.5. The highest BCUT2D eigenvalue weighted by atomic mass is 16.3. The SMILES string of the molecule is CC(C)CNCc1ccc(CN2CCN(C)CC2C)o1. The van der Waals surface area contributed by atoms with E-state index in [-0.39, 0.29) is 0 Å². The number of nitrogens with one attached hydrogen (secondary N) is 1. The molecule has 4 heteroatoms. The Balaban J connectivity index is 1.80. The van der Waals surface area contributed by atoms with E-state index in [1.807, 2.05) is 0 Å². The number of likely N-dealkylation sites (N-methyl/N-ethyl adjacent to an activating group) is 1. The molecule has 0 aliphatic carbocycles. The molecule has 114 valence electrons. The maximum Gasteiger partial charge on any atom is 0.118 e. The maximum atomic E-state index is 5.93. The smallest absolute Gasteiger partial charge is 0.118 e. The summed E-state index contributed by atoms with van der Waals surface area (Å²) in [5.74, 6) is 2.81. The average molecular weight is 279 g/mol. The van der Waals surface area contributed by atoms with Crippen LogP contribution >= 0.6 is 0 Å². The van der Waals surface area contributed by atoms with Crippen molar-refractivity contribution in [2.45, 2.75) is 39.9 Å². The number of piperazine rings is 1. The highest BCUT2D eigenvalue weighted by Crippen LogP contribution is 2.15. The van der Waals surface area contributed by atoms with E-state index < -0.39 is 0 Å².